The Kier molecular flexibility index (Phi) is 5.89. The molecule has 166 valence electrons. The molecule has 0 unspecified atom stereocenters. The number of halogens is 1. The van der Waals surface area contributed by atoms with Crippen LogP contribution in [0.3, 0.4) is 0 Å². The van der Waals surface area contributed by atoms with Crippen molar-refractivity contribution in [1.29, 1.82) is 0 Å². The van der Waals surface area contributed by atoms with Crippen LogP contribution in [0.4, 0.5) is 16.0 Å². The van der Waals surface area contributed by atoms with Crippen LogP contribution in [0.15, 0.2) is 41.3 Å². The normalized spacial score (nSPS) is 14.8. The summed E-state index contributed by atoms with van der Waals surface area (Å²) in [7, 11) is 0. The number of benzene rings is 1. The van der Waals surface area contributed by atoms with Gasteiger partial charge in [-0.2, -0.15) is 0 Å². The topological polar surface area (TPSA) is 115 Å². The van der Waals surface area contributed by atoms with E-state index in [1.165, 1.54) is 16.7 Å². The van der Waals surface area contributed by atoms with Gasteiger partial charge in [-0.3, -0.25) is 14.2 Å². The SMILES string of the molecule is Cc1ccc(F)cc1CNc1ncc2n(c1=O)[C@H](C(=O)NCc1ccc(N)nc1C)CC2. The van der Waals surface area contributed by atoms with Crippen molar-refractivity contribution in [2.75, 3.05) is 11.1 Å². The van der Waals surface area contributed by atoms with Crippen molar-refractivity contribution in [2.45, 2.75) is 45.8 Å². The molecule has 0 spiro atoms. The first-order valence-electron chi connectivity index (χ1n) is 10.4. The van der Waals surface area contributed by atoms with Crippen LogP contribution in [0, 0.1) is 19.7 Å². The van der Waals surface area contributed by atoms with Crippen LogP contribution in [0.1, 0.15) is 40.5 Å². The molecule has 8 nitrogen and oxygen atoms in total. The Hall–Kier alpha value is -3.75. The third-order valence-electron chi connectivity index (χ3n) is 5.79. The number of fused-ring (bicyclic) bond motifs is 1. The number of nitrogens with one attached hydrogen (secondary N) is 2. The van der Waals surface area contributed by atoms with Gasteiger partial charge in [-0.25, -0.2) is 14.4 Å². The molecule has 0 saturated carbocycles. The summed E-state index contributed by atoms with van der Waals surface area (Å²) in [6.45, 7) is 4.26. The van der Waals surface area contributed by atoms with Crippen LogP contribution in [0.2, 0.25) is 0 Å². The molecule has 4 N–H and O–H groups in total. The number of rotatable bonds is 6. The fourth-order valence-corrected chi connectivity index (χ4v) is 3.92. The number of hydrogen-bond acceptors (Lipinski definition) is 6. The van der Waals surface area contributed by atoms with Crippen molar-refractivity contribution in [3.63, 3.8) is 0 Å². The third kappa shape index (κ3) is 4.32. The third-order valence-corrected chi connectivity index (χ3v) is 5.79. The van der Waals surface area contributed by atoms with E-state index in [1.807, 2.05) is 19.9 Å². The largest absolute Gasteiger partial charge is 0.384 e. The summed E-state index contributed by atoms with van der Waals surface area (Å²) in [5.74, 6) is -0.0139. The molecule has 4 rings (SSSR count). The summed E-state index contributed by atoms with van der Waals surface area (Å²) in [4.78, 5) is 34.4. The molecule has 2 aromatic heterocycles. The molecule has 0 saturated heterocycles. The van der Waals surface area contributed by atoms with E-state index in [9.17, 15) is 14.0 Å². The van der Waals surface area contributed by atoms with Gasteiger partial charge in [0.1, 0.15) is 17.7 Å². The Morgan fingerprint density at radius 1 is 1.22 bits per heavy atom. The van der Waals surface area contributed by atoms with Crippen molar-refractivity contribution in [3.8, 4) is 0 Å². The van der Waals surface area contributed by atoms with Crippen molar-refractivity contribution in [1.82, 2.24) is 19.9 Å². The molecular formula is C23H25FN6O2. The van der Waals surface area contributed by atoms with Crippen LogP contribution in [0.5, 0.6) is 0 Å². The van der Waals surface area contributed by atoms with Crippen molar-refractivity contribution in [2.24, 2.45) is 0 Å². The average molecular weight is 436 g/mol. The molecule has 1 aliphatic heterocycles. The number of pyridine rings is 1. The Balaban J connectivity index is 1.49. The molecule has 0 fully saturated rings. The molecule has 0 bridgehead atoms. The number of aryl methyl sites for hydroxylation is 3. The first-order valence-corrected chi connectivity index (χ1v) is 10.4. The van der Waals surface area contributed by atoms with E-state index in [2.05, 4.69) is 20.6 Å². The van der Waals surface area contributed by atoms with Gasteiger partial charge in [-0.1, -0.05) is 12.1 Å². The molecule has 1 atom stereocenters. The molecule has 32 heavy (non-hydrogen) atoms. The minimum atomic E-state index is -0.612. The second kappa shape index (κ2) is 8.78. The van der Waals surface area contributed by atoms with Crippen LogP contribution in [-0.4, -0.2) is 20.4 Å². The highest BCUT2D eigenvalue weighted by Crippen LogP contribution is 2.24. The Morgan fingerprint density at radius 2 is 2.03 bits per heavy atom. The second-order valence-corrected chi connectivity index (χ2v) is 7.95. The molecule has 0 radical (unpaired) electrons. The van der Waals surface area contributed by atoms with E-state index in [1.54, 1.807) is 18.3 Å². The van der Waals surface area contributed by atoms with Crippen molar-refractivity contribution < 1.29 is 9.18 Å². The van der Waals surface area contributed by atoms with Crippen LogP contribution in [-0.2, 0) is 24.3 Å². The summed E-state index contributed by atoms with van der Waals surface area (Å²) in [6, 6.07) is 7.41. The van der Waals surface area contributed by atoms with Crippen molar-refractivity contribution in [3.05, 3.63) is 80.8 Å². The quantitative estimate of drug-likeness (QED) is 0.547. The summed E-state index contributed by atoms with van der Waals surface area (Å²) < 4.78 is 15.0. The average Bonchev–Trinajstić information content (AvgIpc) is 3.20. The highest BCUT2D eigenvalue weighted by molar-refractivity contribution is 5.81. The number of amides is 1. The highest BCUT2D eigenvalue weighted by Gasteiger charge is 2.30. The van der Waals surface area contributed by atoms with Gasteiger partial charge in [0.05, 0.1) is 0 Å². The fraction of sp³-hybridized carbons (Fsp3) is 0.304. The summed E-state index contributed by atoms with van der Waals surface area (Å²) in [6.07, 6.45) is 2.73. The lowest BCUT2D eigenvalue weighted by atomic mass is 10.1. The lowest BCUT2D eigenvalue weighted by Crippen LogP contribution is -2.36. The molecule has 9 heteroatoms. The van der Waals surface area contributed by atoms with E-state index in [4.69, 9.17) is 5.73 Å². The van der Waals surface area contributed by atoms with Gasteiger partial charge in [-0.15, -0.1) is 0 Å². The smallest absolute Gasteiger partial charge is 0.294 e. The maximum atomic E-state index is 13.5. The molecule has 1 amide bonds. The Morgan fingerprint density at radius 3 is 2.81 bits per heavy atom. The zero-order valence-electron chi connectivity index (χ0n) is 18.0. The van der Waals surface area contributed by atoms with Crippen LogP contribution < -0.4 is 21.9 Å². The van der Waals surface area contributed by atoms with Gasteiger partial charge < -0.3 is 16.4 Å². The number of aromatic nitrogens is 3. The predicted octanol–water partition coefficient (Wildman–Crippen LogP) is 2.39. The first-order chi connectivity index (χ1) is 15.3. The summed E-state index contributed by atoms with van der Waals surface area (Å²) in [5, 5.41) is 5.89. The lowest BCUT2D eigenvalue weighted by molar-refractivity contribution is -0.124. The van der Waals surface area contributed by atoms with Gasteiger partial charge >= 0.3 is 0 Å². The minimum Gasteiger partial charge on any atom is -0.384 e. The fourth-order valence-electron chi connectivity index (χ4n) is 3.92. The number of nitrogens with two attached hydrogens (primary N) is 1. The lowest BCUT2D eigenvalue weighted by Gasteiger charge is -2.16. The first kappa shape index (κ1) is 21.5. The zero-order valence-corrected chi connectivity index (χ0v) is 18.0. The van der Waals surface area contributed by atoms with Gasteiger partial charge in [0.2, 0.25) is 5.91 Å². The van der Waals surface area contributed by atoms with Gasteiger partial charge in [0.25, 0.3) is 5.56 Å². The van der Waals surface area contributed by atoms with E-state index >= 15 is 0 Å². The van der Waals surface area contributed by atoms with Gasteiger partial charge in [-0.05, 0) is 61.6 Å². The van der Waals surface area contributed by atoms with Crippen molar-refractivity contribution >= 4 is 17.5 Å². The summed E-state index contributed by atoms with van der Waals surface area (Å²) in [5.41, 5.74) is 9.28. The Labute approximate surface area is 184 Å². The van der Waals surface area contributed by atoms with E-state index < -0.39 is 6.04 Å². The van der Waals surface area contributed by atoms with E-state index in [0.717, 1.165) is 22.4 Å². The van der Waals surface area contributed by atoms with Gasteiger partial charge in [0, 0.05) is 30.7 Å². The van der Waals surface area contributed by atoms with Gasteiger partial charge in [0.15, 0.2) is 5.82 Å². The number of carbonyl (C=O) groups is 1. The Bertz CT molecular complexity index is 1240. The molecule has 3 heterocycles. The molecule has 1 aliphatic rings. The van der Waals surface area contributed by atoms with Crippen LogP contribution >= 0.6 is 0 Å². The molecule has 0 aliphatic carbocycles. The zero-order chi connectivity index (χ0) is 22.8. The maximum absolute atomic E-state index is 13.5. The van der Waals surface area contributed by atoms with E-state index in [0.29, 0.717) is 30.9 Å². The standard InChI is InChI=1S/C23H25FN6O2/c1-13-3-5-17(24)9-16(13)11-26-21-23(32)30-18(12-27-21)6-7-19(30)22(31)28-10-15-4-8-20(25)29-14(15)2/h3-5,8-9,12,19H,6-7,10-11H2,1-2H3,(H2,25,29)(H,26,27)(H,28,31)/t19-/m0/s1. The summed E-state index contributed by atoms with van der Waals surface area (Å²) >= 11 is 0. The number of hydrogen-bond donors (Lipinski definition) is 3. The van der Waals surface area contributed by atoms with Crippen LogP contribution in [0.25, 0.3) is 0 Å². The highest BCUT2D eigenvalue weighted by atomic mass is 19.1. The number of carbonyl (C=O) groups excluding carboxylic acids is 1. The number of anilines is 2. The minimum absolute atomic E-state index is 0.135. The number of nitrogen functional groups attached to an aromatic ring is 1. The molecular weight excluding hydrogens is 411 g/mol. The van der Waals surface area contributed by atoms with E-state index in [-0.39, 0.29) is 29.6 Å². The monoisotopic (exact) mass is 436 g/mol. The predicted molar refractivity (Wildman–Crippen MR) is 120 cm³/mol. The molecule has 3 aromatic rings. The second-order valence-electron chi connectivity index (χ2n) is 7.95. The molecule has 1 aromatic carbocycles. The maximum Gasteiger partial charge on any atom is 0.294 e. The number of nitrogens with zero attached hydrogens (tertiary/aromatic N) is 3.